The summed E-state index contributed by atoms with van der Waals surface area (Å²) in [4.78, 5) is 18.6. The number of hydrogen-bond donors (Lipinski definition) is 1. The Morgan fingerprint density at radius 2 is 2.22 bits per heavy atom. The molecule has 3 heterocycles. The Morgan fingerprint density at radius 1 is 1.39 bits per heavy atom. The molecule has 1 atom stereocenters. The second kappa shape index (κ2) is 7.59. The van der Waals surface area contributed by atoms with Crippen molar-refractivity contribution in [1.29, 1.82) is 0 Å². The van der Waals surface area contributed by atoms with E-state index < -0.39 is 0 Å². The molecule has 0 aromatic carbocycles. The number of pyridine rings is 1. The van der Waals surface area contributed by atoms with Crippen molar-refractivity contribution >= 4 is 11.7 Å². The monoisotopic (exact) mass is 315 g/mol. The van der Waals surface area contributed by atoms with Crippen LogP contribution < -0.4 is 10.2 Å². The third-order valence-electron chi connectivity index (χ3n) is 4.77. The third-order valence-corrected chi connectivity index (χ3v) is 4.77. The minimum atomic E-state index is -0.110. The lowest BCUT2D eigenvalue weighted by atomic mass is 9.90. The van der Waals surface area contributed by atoms with E-state index >= 15 is 0 Å². The molecule has 5 heteroatoms. The first-order valence-electron chi connectivity index (χ1n) is 8.49. The van der Waals surface area contributed by atoms with E-state index in [0.717, 1.165) is 38.4 Å². The third kappa shape index (κ3) is 3.91. The van der Waals surface area contributed by atoms with Gasteiger partial charge in [-0.05, 0) is 43.7 Å². The van der Waals surface area contributed by atoms with Gasteiger partial charge in [-0.2, -0.15) is 0 Å². The summed E-state index contributed by atoms with van der Waals surface area (Å²) in [5.41, 5.74) is 0.588. The average molecular weight is 315 g/mol. The second-order valence-corrected chi connectivity index (χ2v) is 6.28. The first-order chi connectivity index (χ1) is 11.3. The number of carbonyl (C=O) groups is 1. The van der Waals surface area contributed by atoms with Crippen molar-refractivity contribution in [3.63, 3.8) is 0 Å². The fourth-order valence-corrected chi connectivity index (χ4v) is 3.45. The van der Waals surface area contributed by atoms with Gasteiger partial charge in [0, 0.05) is 32.4 Å². The number of nitrogens with zero attached hydrogens (tertiary/aromatic N) is 2. The summed E-state index contributed by atoms with van der Waals surface area (Å²) in [5, 5.41) is 2.76. The van der Waals surface area contributed by atoms with Crippen LogP contribution in [0.15, 0.2) is 31.0 Å². The summed E-state index contributed by atoms with van der Waals surface area (Å²) in [6, 6.07) is 3.78. The van der Waals surface area contributed by atoms with Crippen LogP contribution in [0.3, 0.4) is 0 Å². The Morgan fingerprint density at radius 3 is 2.83 bits per heavy atom. The van der Waals surface area contributed by atoms with E-state index in [4.69, 9.17) is 4.74 Å². The van der Waals surface area contributed by atoms with Crippen LogP contribution in [0.5, 0.6) is 0 Å². The molecule has 1 aromatic rings. The minimum Gasteiger partial charge on any atom is -0.378 e. The smallest absolute Gasteiger partial charge is 0.253 e. The number of piperidine rings is 1. The number of hydrogen-bond acceptors (Lipinski definition) is 4. The quantitative estimate of drug-likeness (QED) is 0.848. The molecule has 1 unspecified atom stereocenters. The van der Waals surface area contributed by atoms with Gasteiger partial charge in [0.1, 0.15) is 5.82 Å². The van der Waals surface area contributed by atoms with Crippen molar-refractivity contribution in [2.45, 2.75) is 31.8 Å². The second-order valence-electron chi connectivity index (χ2n) is 6.28. The van der Waals surface area contributed by atoms with E-state index in [2.05, 4.69) is 21.8 Å². The van der Waals surface area contributed by atoms with Crippen LogP contribution in [0.2, 0.25) is 0 Å². The van der Waals surface area contributed by atoms with E-state index in [9.17, 15) is 4.79 Å². The van der Waals surface area contributed by atoms with Crippen LogP contribution >= 0.6 is 0 Å². The highest BCUT2D eigenvalue weighted by Gasteiger charge is 2.29. The number of anilines is 1. The fourth-order valence-electron chi connectivity index (χ4n) is 3.45. The molecule has 1 aromatic heterocycles. The molecule has 0 aliphatic carbocycles. The lowest BCUT2D eigenvalue weighted by Gasteiger charge is -2.35. The van der Waals surface area contributed by atoms with Crippen LogP contribution in [0.25, 0.3) is 0 Å². The molecule has 2 aliphatic rings. The summed E-state index contributed by atoms with van der Waals surface area (Å²) in [6.45, 7) is 7.02. The molecule has 124 valence electrons. The Labute approximate surface area is 137 Å². The Bertz CT molecular complexity index is 530. The number of amides is 1. The zero-order valence-electron chi connectivity index (χ0n) is 13.5. The zero-order valence-corrected chi connectivity index (χ0v) is 13.5. The van der Waals surface area contributed by atoms with Crippen molar-refractivity contribution in [1.82, 2.24) is 10.3 Å². The molecule has 0 spiro atoms. The largest absolute Gasteiger partial charge is 0.378 e. The summed E-state index contributed by atoms with van der Waals surface area (Å²) >= 11 is 0. The van der Waals surface area contributed by atoms with Crippen LogP contribution in [0, 0.1) is 5.92 Å². The molecule has 1 amide bonds. The molecule has 0 radical (unpaired) electrons. The average Bonchev–Trinajstić information content (AvgIpc) is 3.14. The highest BCUT2D eigenvalue weighted by Crippen LogP contribution is 2.30. The van der Waals surface area contributed by atoms with Gasteiger partial charge in [-0.1, -0.05) is 6.08 Å². The molecule has 23 heavy (non-hydrogen) atoms. The van der Waals surface area contributed by atoms with Crippen molar-refractivity contribution in [3.05, 3.63) is 36.5 Å². The lowest BCUT2D eigenvalue weighted by Crippen LogP contribution is -2.38. The first kappa shape index (κ1) is 16.0. The van der Waals surface area contributed by atoms with Gasteiger partial charge >= 0.3 is 0 Å². The molecular weight excluding hydrogens is 290 g/mol. The topological polar surface area (TPSA) is 54.5 Å². The van der Waals surface area contributed by atoms with Gasteiger partial charge in [0.2, 0.25) is 0 Å². The van der Waals surface area contributed by atoms with Crippen molar-refractivity contribution in [2.24, 2.45) is 5.92 Å². The van der Waals surface area contributed by atoms with Gasteiger partial charge in [0.05, 0.1) is 11.7 Å². The highest BCUT2D eigenvalue weighted by molar-refractivity contribution is 5.94. The van der Waals surface area contributed by atoms with E-state index in [0.29, 0.717) is 24.1 Å². The van der Waals surface area contributed by atoms with E-state index in [1.165, 1.54) is 12.8 Å². The van der Waals surface area contributed by atoms with Gasteiger partial charge in [-0.3, -0.25) is 4.79 Å². The Balaban J connectivity index is 1.54. The molecule has 0 saturated carbocycles. The Kier molecular flexibility index (Phi) is 5.28. The summed E-state index contributed by atoms with van der Waals surface area (Å²) in [6.07, 6.45) is 8.54. The van der Waals surface area contributed by atoms with Crippen LogP contribution in [-0.4, -0.2) is 43.2 Å². The molecule has 2 saturated heterocycles. The maximum atomic E-state index is 11.9. The Hall–Kier alpha value is -1.88. The predicted molar refractivity (Wildman–Crippen MR) is 90.7 cm³/mol. The van der Waals surface area contributed by atoms with Crippen LogP contribution in [-0.2, 0) is 4.74 Å². The van der Waals surface area contributed by atoms with Gasteiger partial charge < -0.3 is 15.0 Å². The SMILES string of the molecule is C=CCNC(=O)c1ccc(N2CCC(C3CCCO3)CC2)nc1. The molecule has 1 N–H and O–H groups in total. The number of aromatic nitrogens is 1. The molecule has 5 nitrogen and oxygen atoms in total. The van der Waals surface area contributed by atoms with Gasteiger partial charge in [0.15, 0.2) is 0 Å². The maximum Gasteiger partial charge on any atom is 0.253 e. The highest BCUT2D eigenvalue weighted by atomic mass is 16.5. The number of carbonyl (C=O) groups excluding carboxylic acids is 1. The van der Waals surface area contributed by atoms with Crippen molar-refractivity contribution in [2.75, 3.05) is 31.1 Å². The summed E-state index contributed by atoms with van der Waals surface area (Å²) < 4.78 is 5.82. The van der Waals surface area contributed by atoms with Gasteiger partial charge in [-0.25, -0.2) is 4.98 Å². The summed E-state index contributed by atoms with van der Waals surface area (Å²) in [7, 11) is 0. The minimum absolute atomic E-state index is 0.110. The lowest BCUT2D eigenvalue weighted by molar-refractivity contribution is 0.0531. The first-order valence-corrected chi connectivity index (χ1v) is 8.49. The van der Waals surface area contributed by atoms with Crippen LogP contribution in [0.1, 0.15) is 36.0 Å². The van der Waals surface area contributed by atoms with Crippen LogP contribution in [0.4, 0.5) is 5.82 Å². The zero-order chi connectivity index (χ0) is 16.1. The van der Waals surface area contributed by atoms with E-state index in [1.807, 2.05) is 12.1 Å². The predicted octanol–water partition coefficient (Wildman–Crippen LogP) is 2.39. The molecule has 2 aliphatic heterocycles. The normalized spacial score (nSPS) is 22.1. The van der Waals surface area contributed by atoms with E-state index in [-0.39, 0.29) is 5.91 Å². The fraction of sp³-hybridized carbons (Fsp3) is 0.556. The standard InChI is InChI=1S/C18H25N3O2/c1-2-9-19-18(22)15-5-6-17(20-13-15)21-10-7-14(8-11-21)16-4-3-12-23-16/h2,5-6,13-14,16H,1,3-4,7-12H2,(H,19,22). The van der Waals surface area contributed by atoms with Gasteiger partial charge in [0.25, 0.3) is 5.91 Å². The maximum absolute atomic E-state index is 11.9. The van der Waals surface area contributed by atoms with Crippen molar-refractivity contribution < 1.29 is 9.53 Å². The number of nitrogens with one attached hydrogen (secondary N) is 1. The molecule has 2 fully saturated rings. The van der Waals surface area contributed by atoms with Gasteiger partial charge in [-0.15, -0.1) is 6.58 Å². The van der Waals surface area contributed by atoms with E-state index in [1.54, 1.807) is 12.3 Å². The molecular formula is C18H25N3O2. The molecule has 0 bridgehead atoms. The van der Waals surface area contributed by atoms with Crippen molar-refractivity contribution in [3.8, 4) is 0 Å². The summed E-state index contributed by atoms with van der Waals surface area (Å²) in [5.74, 6) is 1.54. The molecule has 3 rings (SSSR count). The number of rotatable bonds is 5. The number of ether oxygens (including phenoxy) is 1.